The fraction of sp³-hybridized carbons (Fsp3) is 0.788. The van der Waals surface area contributed by atoms with Crippen LogP contribution in [0, 0.1) is 5.92 Å². The predicted molar refractivity (Wildman–Crippen MR) is 159 cm³/mol. The Balaban J connectivity index is 4.11. The maximum atomic E-state index is 12.4. The summed E-state index contributed by atoms with van der Waals surface area (Å²) in [7, 11) is 4.10. The molecular formula is C33H61NO2. The van der Waals surface area contributed by atoms with Crippen molar-refractivity contribution < 1.29 is 9.53 Å². The second-order valence-corrected chi connectivity index (χ2v) is 10.9. The summed E-state index contributed by atoms with van der Waals surface area (Å²) in [5, 5.41) is 0. The summed E-state index contributed by atoms with van der Waals surface area (Å²) in [6.07, 6.45) is 33.3. The molecule has 0 saturated heterocycles. The molecule has 0 aliphatic heterocycles. The van der Waals surface area contributed by atoms with Crippen LogP contribution in [-0.4, -0.2) is 37.6 Å². The third-order valence-corrected chi connectivity index (χ3v) is 6.79. The molecule has 2 unspecified atom stereocenters. The van der Waals surface area contributed by atoms with E-state index in [2.05, 4.69) is 63.7 Å². The van der Waals surface area contributed by atoms with Crippen LogP contribution < -0.4 is 0 Å². The van der Waals surface area contributed by atoms with Crippen molar-refractivity contribution in [3.8, 4) is 0 Å². The van der Waals surface area contributed by atoms with E-state index in [0.29, 0.717) is 12.3 Å². The summed E-state index contributed by atoms with van der Waals surface area (Å²) in [5.74, 6) is 0.709. The molecule has 0 fully saturated rings. The molecule has 3 heteroatoms. The van der Waals surface area contributed by atoms with Crippen LogP contribution in [0.15, 0.2) is 37.0 Å². The fourth-order valence-electron chi connectivity index (χ4n) is 4.53. The van der Waals surface area contributed by atoms with Crippen LogP contribution >= 0.6 is 0 Å². The number of nitrogens with zero attached hydrogens (tertiary/aromatic N) is 1. The molecule has 0 heterocycles. The zero-order chi connectivity index (χ0) is 26.7. The lowest BCUT2D eigenvalue weighted by atomic mass is 9.99. The summed E-state index contributed by atoms with van der Waals surface area (Å²) in [6, 6.07) is 0. The van der Waals surface area contributed by atoms with Crippen molar-refractivity contribution in [1.29, 1.82) is 0 Å². The molecule has 0 aromatic carbocycles. The number of hydrogen-bond acceptors (Lipinski definition) is 3. The number of esters is 1. The highest BCUT2D eigenvalue weighted by atomic mass is 16.5. The molecule has 36 heavy (non-hydrogen) atoms. The Labute approximate surface area is 225 Å². The van der Waals surface area contributed by atoms with Gasteiger partial charge in [0, 0.05) is 6.42 Å². The number of unbranched alkanes of at least 4 members (excludes halogenated alkanes) is 10. The van der Waals surface area contributed by atoms with Gasteiger partial charge in [-0.15, -0.1) is 6.58 Å². The SMILES string of the molecule is C=CC/C=C\CCCCCCCCC(CCCCCCCC(C)/C=C\CC)OC(=O)CCCN(C)C. The van der Waals surface area contributed by atoms with Crippen LogP contribution in [0.25, 0.3) is 0 Å². The highest BCUT2D eigenvalue weighted by Crippen LogP contribution is 2.19. The fourth-order valence-corrected chi connectivity index (χ4v) is 4.53. The van der Waals surface area contributed by atoms with E-state index in [0.717, 1.165) is 38.6 Å². The Bertz CT molecular complexity index is 552. The van der Waals surface area contributed by atoms with Crippen molar-refractivity contribution in [3.05, 3.63) is 37.0 Å². The molecule has 0 aromatic rings. The summed E-state index contributed by atoms with van der Waals surface area (Å²) in [5.41, 5.74) is 0. The number of carbonyl (C=O) groups excluding carboxylic acids is 1. The molecule has 0 aliphatic rings. The van der Waals surface area contributed by atoms with E-state index in [4.69, 9.17) is 4.74 Å². The van der Waals surface area contributed by atoms with E-state index >= 15 is 0 Å². The van der Waals surface area contributed by atoms with Gasteiger partial charge in [-0.25, -0.2) is 0 Å². The number of rotatable bonds is 26. The lowest BCUT2D eigenvalue weighted by Crippen LogP contribution is -2.20. The minimum Gasteiger partial charge on any atom is -0.462 e. The predicted octanol–water partition coefficient (Wildman–Crippen LogP) is 9.83. The minimum absolute atomic E-state index is 0.000445. The van der Waals surface area contributed by atoms with Gasteiger partial charge in [0.15, 0.2) is 0 Å². The molecule has 0 aliphatic carbocycles. The van der Waals surface area contributed by atoms with Crippen LogP contribution in [0.4, 0.5) is 0 Å². The van der Waals surface area contributed by atoms with E-state index in [1.165, 1.54) is 83.5 Å². The Morgan fingerprint density at radius 1 is 0.806 bits per heavy atom. The average molecular weight is 504 g/mol. The number of allylic oxidation sites excluding steroid dienone is 5. The standard InChI is InChI=1S/C33H61NO2/c1-6-8-10-11-12-13-14-15-16-19-22-27-32(36-33(35)29-24-30-34(4)5)28-23-20-17-18-21-26-31(3)25-9-7-2/h6,9-11,25,31-32H,1,7-8,12-24,26-30H2,2-5H3/b11-10-,25-9-. The summed E-state index contributed by atoms with van der Waals surface area (Å²) < 4.78 is 5.94. The molecule has 0 radical (unpaired) electrons. The van der Waals surface area contributed by atoms with E-state index in [1.807, 2.05) is 6.08 Å². The average Bonchev–Trinajstić information content (AvgIpc) is 2.84. The van der Waals surface area contributed by atoms with Gasteiger partial charge >= 0.3 is 5.97 Å². The van der Waals surface area contributed by atoms with Gasteiger partial charge in [0.25, 0.3) is 0 Å². The Hall–Kier alpha value is -1.35. The zero-order valence-corrected chi connectivity index (χ0v) is 24.7. The summed E-state index contributed by atoms with van der Waals surface area (Å²) in [6.45, 7) is 9.21. The second-order valence-electron chi connectivity index (χ2n) is 10.9. The highest BCUT2D eigenvalue weighted by molar-refractivity contribution is 5.69. The monoisotopic (exact) mass is 503 g/mol. The van der Waals surface area contributed by atoms with Gasteiger partial charge in [-0.1, -0.05) is 95.6 Å². The van der Waals surface area contributed by atoms with Crippen molar-refractivity contribution >= 4 is 5.97 Å². The molecular weight excluding hydrogens is 442 g/mol. The highest BCUT2D eigenvalue weighted by Gasteiger charge is 2.14. The second kappa shape index (κ2) is 26.7. The van der Waals surface area contributed by atoms with Crippen LogP contribution in [0.2, 0.25) is 0 Å². The molecule has 0 N–H and O–H groups in total. The topological polar surface area (TPSA) is 29.5 Å². The van der Waals surface area contributed by atoms with Crippen molar-refractivity contribution in [2.24, 2.45) is 5.92 Å². The number of carbonyl (C=O) groups is 1. The molecule has 3 nitrogen and oxygen atoms in total. The first-order chi connectivity index (χ1) is 17.5. The molecule has 210 valence electrons. The van der Waals surface area contributed by atoms with Crippen molar-refractivity contribution in [2.45, 2.75) is 142 Å². The van der Waals surface area contributed by atoms with Gasteiger partial charge < -0.3 is 9.64 Å². The van der Waals surface area contributed by atoms with E-state index in [-0.39, 0.29) is 12.1 Å². The Kier molecular flexibility index (Phi) is 25.7. The van der Waals surface area contributed by atoms with Crippen LogP contribution in [0.3, 0.4) is 0 Å². The van der Waals surface area contributed by atoms with Crippen molar-refractivity contribution in [2.75, 3.05) is 20.6 Å². The molecule has 0 rings (SSSR count). The van der Waals surface area contributed by atoms with Gasteiger partial charge in [-0.05, 0) is 90.8 Å². The minimum atomic E-state index is 0.000445. The molecule has 2 atom stereocenters. The lowest BCUT2D eigenvalue weighted by Gasteiger charge is -2.18. The molecule has 0 saturated carbocycles. The maximum absolute atomic E-state index is 12.4. The lowest BCUT2D eigenvalue weighted by molar-refractivity contribution is -0.150. The Morgan fingerprint density at radius 3 is 1.97 bits per heavy atom. The molecule has 0 bridgehead atoms. The molecule has 0 spiro atoms. The largest absolute Gasteiger partial charge is 0.462 e. The van der Waals surface area contributed by atoms with Gasteiger partial charge in [0.1, 0.15) is 6.10 Å². The summed E-state index contributed by atoms with van der Waals surface area (Å²) in [4.78, 5) is 14.5. The van der Waals surface area contributed by atoms with E-state index < -0.39 is 0 Å². The molecule has 0 amide bonds. The maximum Gasteiger partial charge on any atom is 0.306 e. The van der Waals surface area contributed by atoms with E-state index in [9.17, 15) is 4.79 Å². The van der Waals surface area contributed by atoms with Gasteiger partial charge in [-0.3, -0.25) is 4.79 Å². The number of hydrogen-bond donors (Lipinski definition) is 0. The Morgan fingerprint density at radius 2 is 1.39 bits per heavy atom. The van der Waals surface area contributed by atoms with Crippen molar-refractivity contribution in [3.63, 3.8) is 0 Å². The molecule has 0 aromatic heterocycles. The third-order valence-electron chi connectivity index (χ3n) is 6.79. The van der Waals surface area contributed by atoms with Crippen LogP contribution in [0.1, 0.15) is 136 Å². The van der Waals surface area contributed by atoms with Crippen LogP contribution in [-0.2, 0) is 9.53 Å². The van der Waals surface area contributed by atoms with Crippen molar-refractivity contribution in [1.82, 2.24) is 4.90 Å². The summed E-state index contributed by atoms with van der Waals surface area (Å²) >= 11 is 0. The van der Waals surface area contributed by atoms with Gasteiger partial charge in [0.2, 0.25) is 0 Å². The van der Waals surface area contributed by atoms with Gasteiger partial charge in [-0.2, -0.15) is 0 Å². The normalized spacial score (nSPS) is 13.6. The van der Waals surface area contributed by atoms with Crippen LogP contribution in [0.5, 0.6) is 0 Å². The smallest absolute Gasteiger partial charge is 0.306 e. The third kappa shape index (κ3) is 25.7. The quantitative estimate of drug-likeness (QED) is 0.0668. The first kappa shape index (κ1) is 34.6. The first-order valence-electron chi connectivity index (χ1n) is 15.3. The first-order valence-corrected chi connectivity index (χ1v) is 15.3. The van der Waals surface area contributed by atoms with E-state index in [1.54, 1.807) is 0 Å². The van der Waals surface area contributed by atoms with Gasteiger partial charge in [0.05, 0.1) is 0 Å². The zero-order valence-electron chi connectivity index (χ0n) is 24.7. The number of ether oxygens (including phenoxy) is 1.